The Morgan fingerprint density at radius 1 is 1.43 bits per heavy atom. The van der Waals surface area contributed by atoms with Crippen LogP contribution in [-0.2, 0) is 5.41 Å². The molecule has 2 heterocycles. The second kappa shape index (κ2) is 4.20. The van der Waals surface area contributed by atoms with Gasteiger partial charge in [-0.2, -0.15) is 5.10 Å². The van der Waals surface area contributed by atoms with E-state index in [0.29, 0.717) is 5.92 Å². The Balaban J connectivity index is 1.80. The molecule has 0 N–H and O–H groups in total. The number of benzene rings is 1. The maximum absolute atomic E-state index is 11.6. The van der Waals surface area contributed by atoms with Crippen LogP contribution in [-0.4, -0.2) is 20.7 Å². The molecule has 23 heavy (non-hydrogen) atoms. The van der Waals surface area contributed by atoms with Crippen molar-refractivity contribution in [1.82, 2.24) is 14.8 Å². The number of carbonyl (C=O) groups excluding carboxylic acids is 1. The van der Waals surface area contributed by atoms with Gasteiger partial charge in [-0.15, -0.1) is 0 Å². The van der Waals surface area contributed by atoms with Gasteiger partial charge < -0.3 is 9.90 Å². The van der Waals surface area contributed by atoms with E-state index in [1.807, 2.05) is 24.3 Å². The van der Waals surface area contributed by atoms with Crippen molar-refractivity contribution in [3.8, 4) is 5.13 Å². The summed E-state index contributed by atoms with van der Waals surface area (Å²) in [5, 5.41) is 16.7. The smallest absolute Gasteiger partial charge is 0.211 e. The molecule has 2 atom stereocenters. The number of thiazole rings is 1. The number of carboxylic acid groups (broad SMARTS) is 1. The minimum absolute atomic E-state index is 0.00143. The minimum atomic E-state index is -1.18. The van der Waals surface area contributed by atoms with Crippen LogP contribution in [0.2, 0.25) is 0 Å². The van der Waals surface area contributed by atoms with Gasteiger partial charge in [0.15, 0.2) is 0 Å². The second-order valence-corrected chi connectivity index (χ2v) is 7.78. The molecular weight excluding hydrogens is 310 g/mol. The van der Waals surface area contributed by atoms with E-state index in [9.17, 15) is 9.90 Å². The molecule has 1 saturated carbocycles. The Bertz CT molecular complexity index is 941. The van der Waals surface area contributed by atoms with Crippen LogP contribution < -0.4 is 5.11 Å². The van der Waals surface area contributed by atoms with Crippen LogP contribution in [0.3, 0.4) is 0 Å². The number of para-hydroxylation sites is 1. The molecule has 5 rings (SSSR count). The summed E-state index contributed by atoms with van der Waals surface area (Å²) in [5.74, 6) is -0.886. The van der Waals surface area contributed by atoms with Crippen molar-refractivity contribution in [2.24, 2.45) is 0 Å². The molecule has 0 aliphatic heterocycles. The molecule has 1 aromatic carbocycles. The molecule has 2 aliphatic carbocycles. The first-order valence-electron chi connectivity index (χ1n) is 7.77. The summed E-state index contributed by atoms with van der Waals surface area (Å²) in [6.07, 6.45) is 3.12. The van der Waals surface area contributed by atoms with Crippen LogP contribution in [0.1, 0.15) is 53.8 Å². The topological polar surface area (TPSA) is 70.8 Å². The first kappa shape index (κ1) is 13.2. The van der Waals surface area contributed by atoms with Gasteiger partial charge >= 0.3 is 0 Å². The molecule has 2 bridgehead atoms. The lowest BCUT2D eigenvalue weighted by atomic mass is 9.85. The quantitative estimate of drug-likeness (QED) is 0.725. The van der Waals surface area contributed by atoms with Crippen LogP contribution >= 0.6 is 11.3 Å². The molecule has 3 aromatic rings. The maximum Gasteiger partial charge on any atom is 0.211 e. The van der Waals surface area contributed by atoms with E-state index in [1.165, 1.54) is 0 Å². The standard InChI is InChI=1S/C17H15N3O2S/c1-17-7-6-9(8-17)12-13(15(21)22)19-20(14(12)17)16-18-10-4-2-3-5-11(10)23-16/h2-5,9H,6-8H2,1H3,(H,21,22)/p-1/t9-,17+/m0/s1. The molecule has 0 unspecified atom stereocenters. The van der Waals surface area contributed by atoms with E-state index in [1.54, 1.807) is 16.0 Å². The highest BCUT2D eigenvalue weighted by Gasteiger charge is 2.51. The Labute approximate surface area is 136 Å². The summed E-state index contributed by atoms with van der Waals surface area (Å²) < 4.78 is 2.85. The van der Waals surface area contributed by atoms with Crippen LogP contribution in [0.5, 0.6) is 0 Å². The summed E-state index contributed by atoms with van der Waals surface area (Å²) in [7, 11) is 0. The Morgan fingerprint density at radius 3 is 3.04 bits per heavy atom. The first-order valence-corrected chi connectivity index (χ1v) is 8.59. The predicted octanol–water partition coefficient (Wildman–Crippen LogP) is 2.38. The summed E-state index contributed by atoms with van der Waals surface area (Å²) in [4.78, 5) is 16.2. The minimum Gasteiger partial charge on any atom is -0.543 e. The van der Waals surface area contributed by atoms with Gasteiger partial charge in [-0.05, 0) is 37.3 Å². The third-order valence-corrected chi connectivity index (χ3v) is 6.31. The van der Waals surface area contributed by atoms with Crippen LogP contribution in [0.25, 0.3) is 15.3 Å². The molecule has 0 saturated heterocycles. The molecule has 116 valence electrons. The molecule has 0 spiro atoms. The molecule has 0 radical (unpaired) electrons. The Morgan fingerprint density at radius 2 is 2.26 bits per heavy atom. The third-order valence-electron chi connectivity index (χ3n) is 5.30. The maximum atomic E-state index is 11.6. The monoisotopic (exact) mass is 324 g/mol. The summed E-state index contributed by atoms with van der Waals surface area (Å²) in [5.41, 5.74) is 2.94. The summed E-state index contributed by atoms with van der Waals surface area (Å²) in [6, 6.07) is 7.92. The average molecular weight is 324 g/mol. The number of aromatic carboxylic acids is 1. The zero-order chi connectivity index (χ0) is 15.8. The summed E-state index contributed by atoms with van der Waals surface area (Å²) >= 11 is 1.54. The van der Waals surface area contributed by atoms with Crippen molar-refractivity contribution < 1.29 is 9.90 Å². The van der Waals surface area contributed by atoms with Crippen LogP contribution in [0.4, 0.5) is 0 Å². The largest absolute Gasteiger partial charge is 0.543 e. The zero-order valence-corrected chi connectivity index (χ0v) is 13.4. The number of fused-ring (bicyclic) bond motifs is 6. The molecule has 1 fully saturated rings. The normalized spacial score (nSPS) is 25.2. The summed E-state index contributed by atoms with van der Waals surface area (Å²) in [6.45, 7) is 2.21. The van der Waals surface area contributed by atoms with Crippen LogP contribution in [0, 0.1) is 0 Å². The lowest BCUT2D eigenvalue weighted by Gasteiger charge is -2.23. The van der Waals surface area contributed by atoms with Gasteiger partial charge in [0.1, 0.15) is 5.69 Å². The highest BCUT2D eigenvalue weighted by Crippen LogP contribution is 2.58. The van der Waals surface area contributed by atoms with Gasteiger partial charge in [-0.3, -0.25) is 0 Å². The van der Waals surface area contributed by atoms with E-state index in [0.717, 1.165) is 45.9 Å². The SMILES string of the molecule is C[C@@]12CC[C@@H](C1)c1c(C(=O)[O-])nn(-c3nc4ccccc4s3)c12. The Kier molecular flexibility index (Phi) is 2.42. The van der Waals surface area contributed by atoms with E-state index in [2.05, 4.69) is 17.0 Å². The fraction of sp³-hybridized carbons (Fsp3) is 0.353. The molecule has 5 nitrogen and oxygen atoms in total. The number of hydrogen-bond donors (Lipinski definition) is 0. The number of carbonyl (C=O) groups is 1. The van der Waals surface area contributed by atoms with Gasteiger partial charge in [-0.1, -0.05) is 30.4 Å². The number of nitrogens with zero attached hydrogens (tertiary/aromatic N) is 3. The van der Waals surface area contributed by atoms with E-state index >= 15 is 0 Å². The lowest BCUT2D eigenvalue weighted by Crippen LogP contribution is -2.24. The van der Waals surface area contributed by atoms with Gasteiger partial charge in [-0.25, -0.2) is 9.67 Å². The average Bonchev–Trinajstić information content (AvgIpc) is 3.24. The number of carboxylic acids is 1. The Hall–Kier alpha value is -2.21. The van der Waals surface area contributed by atoms with Gasteiger partial charge in [0.25, 0.3) is 0 Å². The van der Waals surface area contributed by atoms with Crippen molar-refractivity contribution in [3.05, 3.63) is 41.2 Å². The number of aromatic nitrogens is 3. The first-order chi connectivity index (χ1) is 11.1. The van der Waals surface area contributed by atoms with Gasteiger partial charge in [0.2, 0.25) is 5.13 Å². The van der Waals surface area contributed by atoms with Crippen molar-refractivity contribution >= 4 is 27.5 Å². The fourth-order valence-electron chi connectivity index (χ4n) is 4.34. The van der Waals surface area contributed by atoms with Crippen molar-refractivity contribution in [3.63, 3.8) is 0 Å². The fourth-order valence-corrected chi connectivity index (χ4v) is 5.26. The van der Waals surface area contributed by atoms with Crippen LogP contribution in [0.15, 0.2) is 24.3 Å². The highest BCUT2D eigenvalue weighted by atomic mass is 32.1. The van der Waals surface area contributed by atoms with Gasteiger partial charge in [0, 0.05) is 11.0 Å². The highest BCUT2D eigenvalue weighted by molar-refractivity contribution is 7.20. The number of hydrogen-bond acceptors (Lipinski definition) is 5. The van der Waals surface area contributed by atoms with E-state index in [4.69, 9.17) is 0 Å². The van der Waals surface area contributed by atoms with E-state index < -0.39 is 5.97 Å². The molecule has 2 aliphatic rings. The lowest BCUT2D eigenvalue weighted by molar-refractivity contribution is -0.255. The zero-order valence-electron chi connectivity index (χ0n) is 12.6. The second-order valence-electron chi connectivity index (χ2n) is 6.77. The molecular formula is C17H14N3O2S-. The molecule has 6 heteroatoms. The third kappa shape index (κ3) is 1.64. The number of rotatable bonds is 2. The van der Waals surface area contributed by atoms with Gasteiger partial charge in [0.05, 0.1) is 21.9 Å². The molecule has 0 amide bonds. The van der Waals surface area contributed by atoms with E-state index in [-0.39, 0.29) is 11.1 Å². The predicted molar refractivity (Wildman–Crippen MR) is 85.0 cm³/mol. The van der Waals surface area contributed by atoms with Crippen molar-refractivity contribution in [1.29, 1.82) is 0 Å². The van der Waals surface area contributed by atoms with Crippen molar-refractivity contribution in [2.45, 2.75) is 37.5 Å². The van der Waals surface area contributed by atoms with Crippen molar-refractivity contribution in [2.75, 3.05) is 0 Å². The molecule has 2 aromatic heterocycles.